The summed E-state index contributed by atoms with van der Waals surface area (Å²) < 4.78 is 13.6. The number of fused-ring (bicyclic) bond motifs is 1. The Kier molecular flexibility index (Phi) is 2.68. The molecule has 16 heavy (non-hydrogen) atoms. The Labute approximate surface area is 94.5 Å². The van der Waals surface area contributed by atoms with Crippen LogP contribution in [-0.2, 0) is 5.60 Å². The van der Waals surface area contributed by atoms with Crippen molar-refractivity contribution in [3.8, 4) is 0 Å². The summed E-state index contributed by atoms with van der Waals surface area (Å²) in [4.78, 5) is 0. The summed E-state index contributed by atoms with van der Waals surface area (Å²) in [6, 6.07) is 10.3. The first-order valence-corrected chi connectivity index (χ1v) is 5.46. The van der Waals surface area contributed by atoms with E-state index in [-0.39, 0.29) is 5.82 Å². The van der Waals surface area contributed by atoms with Gasteiger partial charge < -0.3 is 5.11 Å². The number of halogens is 1. The quantitative estimate of drug-likeness (QED) is 0.816. The van der Waals surface area contributed by atoms with Gasteiger partial charge in [0.15, 0.2) is 0 Å². The van der Waals surface area contributed by atoms with E-state index < -0.39 is 5.60 Å². The molecule has 2 aromatic rings. The molecule has 0 bridgehead atoms. The fraction of sp³-hybridized carbons (Fsp3) is 0.286. The zero-order valence-electron chi connectivity index (χ0n) is 9.50. The highest BCUT2D eigenvalue weighted by Gasteiger charge is 2.23. The predicted octanol–water partition coefficient (Wildman–Crippen LogP) is 3.60. The smallest absolute Gasteiger partial charge is 0.131 e. The van der Waals surface area contributed by atoms with Crippen LogP contribution in [0.25, 0.3) is 10.8 Å². The summed E-state index contributed by atoms with van der Waals surface area (Å²) in [6.45, 7) is 3.67. The number of hydrogen-bond acceptors (Lipinski definition) is 1. The molecule has 0 aliphatic carbocycles. The van der Waals surface area contributed by atoms with Gasteiger partial charge in [0.1, 0.15) is 5.82 Å². The van der Waals surface area contributed by atoms with E-state index in [4.69, 9.17) is 0 Å². The predicted molar refractivity (Wildman–Crippen MR) is 63.8 cm³/mol. The highest BCUT2D eigenvalue weighted by molar-refractivity contribution is 5.87. The molecule has 0 aliphatic rings. The number of aliphatic hydroxyl groups is 1. The second-order valence-corrected chi connectivity index (χ2v) is 4.27. The fourth-order valence-electron chi connectivity index (χ4n) is 1.92. The van der Waals surface area contributed by atoms with Gasteiger partial charge in [0, 0.05) is 5.39 Å². The summed E-state index contributed by atoms with van der Waals surface area (Å²) in [5, 5.41) is 11.6. The monoisotopic (exact) mass is 218 g/mol. The van der Waals surface area contributed by atoms with E-state index in [2.05, 4.69) is 0 Å². The molecule has 0 fully saturated rings. The van der Waals surface area contributed by atoms with E-state index in [0.717, 1.165) is 10.9 Å². The van der Waals surface area contributed by atoms with Gasteiger partial charge in [-0.1, -0.05) is 37.3 Å². The first-order chi connectivity index (χ1) is 7.56. The molecule has 0 saturated carbocycles. The van der Waals surface area contributed by atoms with E-state index in [1.165, 1.54) is 6.07 Å². The summed E-state index contributed by atoms with van der Waals surface area (Å²) >= 11 is 0. The van der Waals surface area contributed by atoms with Crippen molar-refractivity contribution in [2.75, 3.05) is 0 Å². The first-order valence-electron chi connectivity index (χ1n) is 5.46. The van der Waals surface area contributed by atoms with Crippen LogP contribution < -0.4 is 0 Å². The third-order valence-corrected chi connectivity index (χ3v) is 3.14. The molecule has 0 heterocycles. The van der Waals surface area contributed by atoms with Gasteiger partial charge >= 0.3 is 0 Å². The minimum absolute atomic E-state index is 0.244. The van der Waals surface area contributed by atoms with Crippen LogP contribution in [0.1, 0.15) is 25.8 Å². The molecule has 2 aromatic carbocycles. The average molecular weight is 218 g/mol. The van der Waals surface area contributed by atoms with Gasteiger partial charge in [0.2, 0.25) is 0 Å². The molecule has 0 amide bonds. The molecular weight excluding hydrogens is 203 g/mol. The molecule has 2 rings (SSSR count). The lowest BCUT2D eigenvalue weighted by atomic mass is 9.89. The average Bonchev–Trinajstić information content (AvgIpc) is 2.29. The van der Waals surface area contributed by atoms with Gasteiger partial charge in [-0.25, -0.2) is 4.39 Å². The van der Waals surface area contributed by atoms with E-state index in [1.54, 1.807) is 25.1 Å². The van der Waals surface area contributed by atoms with Crippen molar-refractivity contribution >= 4 is 10.8 Å². The van der Waals surface area contributed by atoms with Crippen LogP contribution in [-0.4, -0.2) is 5.11 Å². The lowest BCUT2D eigenvalue weighted by molar-refractivity contribution is 0.0546. The van der Waals surface area contributed by atoms with Crippen LogP contribution in [0.3, 0.4) is 0 Å². The van der Waals surface area contributed by atoms with E-state index >= 15 is 0 Å². The van der Waals surface area contributed by atoms with Crippen LogP contribution >= 0.6 is 0 Å². The van der Waals surface area contributed by atoms with E-state index in [0.29, 0.717) is 11.8 Å². The molecule has 1 atom stereocenters. The maximum absolute atomic E-state index is 13.6. The normalized spacial score (nSPS) is 15.0. The highest BCUT2D eigenvalue weighted by atomic mass is 19.1. The Morgan fingerprint density at radius 2 is 1.75 bits per heavy atom. The Hall–Kier alpha value is -1.41. The van der Waals surface area contributed by atoms with Crippen molar-refractivity contribution in [3.63, 3.8) is 0 Å². The second kappa shape index (κ2) is 3.87. The van der Waals surface area contributed by atoms with Crippen LogP contribution in [0.5, 0.6) is 0 Å². The molecule has 0 radical (unpaired) electrons. The minimum atomic E-state index is -0.909. The molecule has 1 N–H and O–H groups in total. The Morgan fingerprint density at radius 3 is 2.38 bits per heavy atom. The van der Waals surface area contributed by atoms with Crippen LogP contribution in [0.4, 0.5) is 4.39 Å². The van der Waals surface area contributed by atoms with Crippen LogP contribution in [0.15, 0.2) is 36.4 Å². The van der Waals surface area contributed by atoms with Crippen molar-refractivity contribution in [2.24, 2.45) is 0 Å². The Morgan fingerprint density at radius 1 is 1.12 bits per heavy atom. The van der Waals surface area contributed by atoms with Crippen LogP contribution in [0.2, 0.25) is 0 Å². The molecule has 0 aliphatic heterocycles. The maximum atomic E-state index is 13.6. The number of rotatable bonds is 2. The first kappa shape index (κ1) is 11.1. The molecule has 2 heteroatoms. The van der Waals surface area contributed by atoms with E-state index in [1.807, 2.05) is 19.1 Å². The summed E-state index contributed by atoms with van der Waals surface area (Å²) in [5.74, 6) is -0.244. The second-order valence-electron chi connectivity index (χ2n) is 4.27. The van der Waals surface area contributed by atoms with Crippen molar-refractivity contribution in [3.05, 3.63) is 47.8 Å². The molecule has 1 nitrogen and oxygen atoms in total. The van der Waals surface area contributed by atoms with Gasteiger partial charge in [-0.2, -0.15) is 0 Å². The summed E-state index contributed by atoms with van der Waals surface area (Å²) in [6.07, 6.45) is 0.600. The molecule has 84 valence electrons. The van der Waals surface area contributed by atoms with Crippen molar-refractivity contribution in [1.29, 1.82) is 0 Å². The fourth-order valence-corrected chi connectivity index (χ4v) is 1.92. The van der Waals surface area contributed by atoms with Crippen molar-refractivity contribution < 1.29 is 9.50 Å². The summed E-state index contributed by atoms with van der Waals surface area (Å²) in [7, 11) is 0. The number of benzene rings is 2. The lowest BCUT2D eigenvalue weighted by Gasteiger charge is -2.23. The SMILES string of the molecule is CC[C@](C)(O)c1ccc(F)c2ccccc12. The largest absolute Gasteiger partial charge is 0.385 e. The third kappa shape index (κ3) is 1.69. The van der Waals surface area contributed by atoms with Gasteiger partial charge in [-0.15, -0.1) is 0 Å². The molecular formula is C14H15FO. The van der Waals surface area contributed by atoms with Crippen molar-refractivity contribution in [1.82, 2.24) is 0 Å². The minimum Gasteiger partial charge on any atom is -0.385 e. The van der Waals surface area contributed by atoms with Gasteiger partial charge in [0.25, 0.3) is 0 Å². The molecule has 0 aromatic heterocycles. The van der Waals surface area contributed by atoms with Gasteiger partial charge in [0.05, 0.1) is 5.60 Å². The zero-order chi connectivity index (χ0) is 11.8. The summed E-state index contributed by atoms with van der Waals surface area (Å²) in [5.41, 5.74) is -0.125. The molecule has 0 saturated heterocycles. The Balaban J connectivity index is 2.77. The van der Waals surface area contributed by atoms with E-state index in [9.17, 15) is 9.50 Å². The Bertz CT molecular complexity index is 517. The van der Waals surface area contributed by atoms with Crippen LogP contribution in [0, 0.1) is 5.82 Å². The van der Waals surface area contributed by atoms with Gasteiger partial charge in [-0.3, -0.25) is 0 Å². The standard InChI is InChI=1S/C14H15FO/c1-3-14(2,16)12-8-9-13(15)11-7-5-4-6-10(11)12/h4-9,16H,3H2,1-2H3/t14-/m0/s1. The zero-order valence-corrected chi connectivity index (χ0v) is 9.50. The maximum Gasteiger partial charge on any atom is 0.131 e. The highest BCUT2D eigenvalue weighted by Crippen LogP contribution is 2.31. The molecule has 0 unspecified atom stereocenters. The third-order valence-electron chi connectivity index (χ3n) is 3.14. The van der Waals surface area contributed by atoms with Crippen molar-refractivity contribution in [2.45, 2.75) is 25.9 Å². The number of hydrogen-bond donors (Lipinski definition) is 1. The van der Waals surface area contributed by atoms with Gasteiger partial charge in [-0.05, 0) is 30.4 Å². The lowest BCUT2D eigenvalue weighted by Crippen LogP contribution is -2.20. The molecule has 0 spiro atoms. The topological polar surface area (TPSA) is 20.2 Å².